The number of carbonyl (C=O) groups is 1. The van der Waals surface area contributed by atoms with Crippen LogP contribution in [0.25, 0.3) is 5.69 Å². The van der Waals surface area contributed by atoms with Crippen molar-refractivity contribution in [1.29, 1.82) is 0 Å². The number of nitrogens with zero attached hydrogens (tertiary/aromatic N) is 3. The summed E-state index contributed by atoms with van der Waals surface area (Å²) in [5, 5.41) is 16.7. The second-order valence-corrected chi connectivity index (χ2v) is 5.50. The molecule has 0 bridgehead atoms. The predicted molar refractivity (Wildman–Crippen MR) is 72.1 cm³/mol. The van der Waals surface area contributed by atoms with Crippen molar-refractivity contribution in [2.24, 2.45) is 0 Å². The summed E-state index contributed by atoms with van der Waals surface area (Å²) in [5.41, 5.74) is 0.290. The topological polar surface area (TPSA) is 68.0 Å². The third-order valence-electron chi connectivity index (χ3n) is 2.27. The molecule has 5 nitrogen and oxygen atoms in total. The highest BCUT2D eigenvalue weighted by atomic mass is 79.9. The Hall–Kier alpha value is -1.41. The number of benzene rings is 1. The minimum atomic E-state index is -0.964. The van der Waals surface area contributed by atoms with Crippen LogP contribution in [0.4, 0.5) is 4.39 Å². The SMILES string of the molecule is Cc1nnc(SCC(=O)O)n1-c1ccc(Br)cc1F. The van der Waals surface area contributed by atoms with Crippen molar-refractivity contribution in [1.82, 2.24) is 14.8 Å². The Bertz CT molecular complexity index is 632. The Labute approximate surface area is 121 Å². The van der Waals surface area contributed by atoms with Gasteiger partial charge in [0.1, 0.15) is 11.6 Å². The Morgan fingerprint density at radius 3 is 2.89 bits per heavy atom. The molecule has 0 unspecified atom stereocenters. The highest BCUT2D eigenvalue weighted by Crippen LogP contribution is 2.25. The van der Waals surface area contributed by atoms with Gasteiger partial charge >= 0.3 is 5.97 Å². The fraction of sp³-hybridized carbons (Fsp3) is 0.182. The third kappa shape index (κ3) is 3.13. The molecule has 1 N–H and O–H groups in total. The normalized spacial score (nSPS) is 10.7. The molecule has 0 radical (unpaired) electrons. The fourth-order valence-electron chi connectivity index (χ4n) is 1.50. The summed E-state index contributed by atoms with van der Waals surface area (Å²) in [4.78, 5) is 10.6. The van der Waals surface area contributed by atoms with Crippen molar-refractivity contribution < 1.29 is 14.3 Å². The first kappa shape index (κ1) is 14.0. The summed E-state index contributed by atoms with van der Waals surface area (Å²) < 4.78 is 16.1. The van der Waals surface area contributed by atoms with Gasteiger partial charge in [-0.2, -0.15) is 0 Å². The highest BCUT2D eigenvalue weighted by Gasteiger charge is 2.15. The fourth-order valence-corrected chi connectivity index (χ4v) is 2.55. The van der Waals surface area contributed by atoms with Gasteiger partial charge in [0.2, 0.25) is 0 Å². The van der Waals surface area contributed by atoms with Crippen LogP contribution in [0.15, 0.2) is 27.8 Å². The van der Waals surface area contributed by atoms with Crippen LogP contribution in [0.5, 0.6) is 0 Å². The van der Waals surface area contributed by atoms with Crippen molar-refractivity contribution >= 4 is 33.7 Å². The van der Waals surface area contributed by atoms with Gasteiger partial charge in [0.05, 0.1) is 11.4 Å². The van der Waals surface area contributed by atoms with Gasteiger partial charge in [-0.1, -0.05) is 27.7 Å². The van der Waals surface area contributed by atoms with Gasteiger partial charge in [0, 0.05) is 4.47 Å². The summed E-state index contributed by atoms with van der Waals surface area (Å²) in [6.45, 7) is 1.68. The van der Waals surface area contributed by atoms with Crippen LogP contribution in [0, 0.1) is 12.7 Å². The molecule has 0 fully saturated rings. The highest BCUT2D eigenvalue weighted by molar-refractivity contribution is 9.10. The number of aryl methyl sites for hydroxylation is 1. The van der Waals surface area contributed by atoms with Gasteiger partial charge in [-0.25, -0.2) is 4.39 Å². The summed E-state index contributed by atoms with van der Waals surface area (Å²) in [6, 6.07) is 4.62. The maximum atomic E-state index is 13.9. The van der Waals surface area contributed by atoms with Gasteiger partial charge in [-0.15, -0.1) is 10.2 Å². The van der Waals surface area contributed by atoms with Crippen LogP contribution in [0.3, 0.4) is 0 Å². The van der Waals surface area contributed by atoms with Crippen LogP contribution in [-0.2, 0) is 4.79 Å². The number of aromatic nitrogens is 3. The molecule has 19 heavy (non-hydrogen) atoms. The Morgan fingerprint density at radius 1 is 1.53 bits per heavy atom. The predicted octanol–water partition coefficient (Wildman–Crippen LogP) is 2.65. The van der Waals surface area contributed by atoms with Gasteiger partial charge in [-0.05, 0) is 25.1 Å². The first-order valence-corrected chi connectivity index (χ1v) is 6.99. The summed E-state index contributed by atoms with van der Waals surface area (Å²) >= 11 is 4.18. The zero-order valence-electron chi connectivity index (χ0n) is 9.80. The maximum Gasteiger partial charge on any atom is 0.313 e. The lowest BCUT2D eigenvalue weighted by Crippen LogP contribution is -2.04. The molecule has 100 valence electrons. The smallest absolute Gasteiger partial charge is 0.313 e. The number of carboxylic acids is 1. The lowest BCUT2D eigenvalue weighted by molar-refractivity contribution is -0.133. The van der Waals surface area contributed by atoms with E-state index < -0.39 is 11.8 Å². The molecule has 0 saturated heterocycles. The van der Waals surface area contributed by atoms with E-state index in [0.29, 0.717) is 21.1 Å². The van der Waals surface area contributed by atoms with E-state index in [1.54, 1.807) is 19.1 Å². The van der Waals surface area contributed by atoms with Crippen LogP contribution in [-0.4, -0.2) is 31.6 Å². The Morgan fingerprint density at radius 2 is 2.26 bits per heavy atom. The molecule has 1 aromatic heterocycles. The molecular weight excluding hydrogens is 337 g/mol. The van der Waals surface area contributed by atoms with E-state index >= 15 is 0 Å². The van der Waals surface area contributed by atoms with Gasteiger partial charge in [-0.3, -0.25) is 9.36 Å². The standard InChI is InChI=1S/C11H9BrFN3O2S/c1-6-14-15-11(19-5-10(17)18)16(6)9-3-2-7(12)4-8(9)13/h2-4H,5H2,1H3,(H,17,18). The molecular formula is C11H9BrFN3O2S. The zero-order chi connectivity index (χ0) is 14.0. The van der Waals surface area contributed by atoms with E-state index in [1.165, 1.54) is 10.6 Å². The van der Waals surface area contributed by atoms with Crippen molar-refractivity contribution in [3.8, 4) is 5.69 Å². The Kier molecular flexibility index (Phi) is 4.20. The first-order valence-electron chi connectivity index (χ1n) is 5.21. The molecule has 1 aromatic carbocycles. The number of halogens is 2. The number of rotatable bonds is 4. The lowest BCUT2D eigenvalue weighted by atomic mass is 10.3. The number of thioether (sulfide) groups is 1. The van der Waals surface area contributed by atoms with Crippen molar-refractivity contribution in [3.63, 3.8) is 0 Å². The average Bonchev–Trinajstić information content (AvgIpc) is 2.68. The van der Waals surface area contributed by atoms with E-state index in [1.807, 2.05) is 0 Å². The first-order chi connectivity index (χ1) is 8.99. The van der Waals surface area contributed by atoms with Crippen LogP contribution in [0.2, 0.25) is 0 Å². The summed E-state index contributed by atoms with van der Waals surface area (Å²) in [7, 11) is 0. The van der Waals surface area contributed by atoms with E-state index in [9.17, 15) is 9.18 Å². The van der Waals surface area contributed by atoms with Crippen molar-refractivity contribution in [2.45, 2.75) is 12.1 Å². The van der Waals surface area contributed by atoms with Gasteiger partial charge < -0.3 is 5.11 Å². The van der Waals surface area contributed by atoms with E-state index in [-0.39, 0.29) is 5.75 Å². The summed E-state index contributed by atoms with van der Waals surface area (Å²) in [5.74, 6) is -1.06. The largest absolute Gasteiger partial charge is 0.481 e. The number of hydrogen-bond donors (Lipinski definition) is 1. The van der Waals surface area contributed by atoms with Crippen LogP contribution in [0.1, 0.15) is 5.82 Å². The number of aliphatic carboxylic acids is 1. The average molecular weight is 346 g/mol. The van der Waals surface area contributed by atoms with E-state index in [2.05, 4.69) is 26.1 Å². The monoisotopic (exact) mass is 345 g/mol. The molecule has 0 aliphatic heterocycles. The Balaban J connectivity index is 2.43. The number of hydrogen-bond acceptors (Lipinski definition) is 4. The van der Waals surface area contributed by atoms with E-state index in [4.69, 9.17) is 5.11 Å². The molecule has 8 heteroatoms. The summed E-state index contributed by atoms with van der Waals surface area (Å²) in [6.07, 6.45) is 0. The lowest BCUT2D eigenvalue weighted by Gasteiger charge is -2.09. The molecule has 1 heterocycles. The minimum absolute atomic E-state index is 0.156. The van der Waals surface area contributed by atoms with Crippen LogP contribution >= 0.6 is 27.7 Å². The number of carboxylic acid groups (broad SMARTS) is 1. The molecule has 0 saturated carbocycles. The third-order valence-corrected chi connectivity index (χ3v) is 3.68. The second-order valence-electron chi connectivity index (χ2n) is 3.64. The molecule has 0 atom stereocenters. The molecule has 0 aliphatic rings. The van der Waals surface area contributed by atoms with Gasteiger partial charge in [0.25, 0.3) is 0 Å². The second kappa shape index (κ2) is 5.70. The van der Waals surface area contributed by atoms with Crippen LogP contribution < -0.4 is 0 Å². The maximum absolute atomic E-state index is 13.9. The molecule has 2 aromatic rings. The molecule has 0 aliphatic carbocycles. The molecule has 0 spiro atoms. The van der Waals surface area contributed by atoms with E-state index in [0.717, 1.165) is 11.8 Å². The zero-order valence-corrected chi connectivity index (χ0v) is 12.2. The molecule has 0 amide bonds. The quantitative estimate of drug-likeness (QED) is 0.862. The van der Waals surface area contributed by atoms with Gasteiger partial charge in [0.15, 0.2) is 5.16 Å². The minimum Gasteiger partial charge on any atom is -0.481 e. The molecule has 2 rings (SSSR count). The van der Waals surface area contributed by atoms with Crippen molar-refractivity contribution in [3.05, 3.63) is 34.3 Å². The van der Waals surface area contributed by atoms with Crippen molar-refractivity contribution in [2.75, 3.05) is 5.75 Å².